The molecule has 3 N–H and O–H groups in total. The summed E-state index contributed by atoms with van der Waals surface area (Å²) < 4.78 is 1.62. The summed E-state index contributed by atoms with van der Waals surface area (Å²) in [7, 11) is 5.51. The highest BCUT2D eigenvalue weighted by molar-refractivity contribution is 6.36. The van der Waals surface area contributed by atoms with Crippen molar-refractivity contribution in [2.24, 2.45) is 36.0 Å². The van der Waals surface area contributed by atoms with E-state index in [2.05, 4.69) is 10.4 Å². The normalized spacial score (nSPS) is 34.8. The number of anilines is 1. The summed E-state index contributed by atoms with van der Waals surface area (Å²) in [4.78, 5) is 26.8. The minimum absolute atomic E-state index is 0.0763. The van der Waals surface area contributed by atoms with E-state index >= 15 is 0 Å². The van der Waals surface area contributed by atoms with Crippen LogP contribution < -0.4 is 16.0 Å². The fraction of sp³-hybridized carbons (Fsp3) is 0.722. The first-order chi connectivity index (χ1) is 12.2. The number of rotatable bonds is 4. The van der Waals surface area contributed by atoms with Crippen LogP contribution in [0.1, 0.15) is 42.6 Å². The van der Waals surface area contributed by atoms with Gasteiger partial charge in [-0.05, 0) is 49.9 Å². The standard InChI is InChI=1S/C18H26ClN5O2/c1-23(2)16-12(19)14(22-24(16)3)15(25)21-13-10-4-9-5-11(13)8-18(6-9,7-10)17(20)26/h9-11,13H,4-8H2,1-3H3,(H2,20,26)(H,21,25). The van der Waals surface area contributed by atoms with Crippen LogP contribution in [-0.2, 0) is 11.8 Å². The number of primary amides is 1. The van der Waals surface area contributed by atoms with Gasteiger partial charge in [0.15, 0.2) is 5.69 Å². The fourth-order valence-electron chi connectivity index (χ4n) is 5.90. The van der Waals surface area contributed by atoms with Crippen molar-refractivity contribution in [3.63, 3.8) is 0 Å². The number of hydrogen-bond donors (Lipinski definition) is 2. The second kappa shape index (κ2) is 5.87. The molecule has 2 unspecified atom stereocenters. The van der Waals surface area contributed by atoms with Crippen LogP contribution in [0.15, 0.2) is 0 Å². The summed E-state index contributed by atoms with van der Waals surface area (Å²) in [6.45, 7) is 0. The van der Waals surface area contributed by atoms with E-state index in [-0.39, 0.29) is 29.0 Å². The first kappa shape index (κ1) is 17.6. The molecule has 2 atom stereocenters. The second-order valence-corrected chi connectivity index (χ2v) is 9.00. The maximum Gasteiger partial charge on any atom is 0.273 e. The van der Waals surface area contributed by atoms with Crippen LogP contribution in [0.5, 0.6) is 0 Å². The molecule has 4 aliphatic carbocycles. The lowest BCUT2D eigenvalue weighted by atomic mass is 9.47. The van der Waals surface area contributed by atoms with Gasteiger partial charge in [-0.15, -0.1) is 0 Å². The van der Waals surface area contributed by atoms with E-state index in [0.717, 1.165) is 32.1 Å². The lowest BCUT2D eigenvalue weighted by Crippen LogP contribution is -2.62. The molecule has 2 amide bonds. The van der Waals surface area contributed by atoms with Gasteiger partial charge in [-0.2, -0.15) is 5.10 Å². The number of nitrogens with zero attached hydrogens (tertiary/aromatic N) is 3. The number of hydrogen-bond acceptors (Lipinski definition) is 4. The Balaban J connectivity index is 1.55. The third-order valence-corrected chi connectivity index (χ3v) is 7.04. The van der Waals surface area contributed by atoms with Crippen LogP contribution in [0.3, 0.4) is 0 Å². The molecule has 0 aromatic carbocycles. The van der Waals surface area contributed by atoms with Crippen LogP contribution in [0.4, 0.5) is 5.82 Å². The fourth-order valence-corrected chi connectivity index (χ4v) is 6.32. The Kier molecular flexibility index (Phi) is 3.99. The van der Waals surface area contributed by atoms with Crippen molar-refractivity contribution in [1.82, 2.24) is 15.1 Å². The van der Waals surface area contributed by atoms with Crippen molar-refractivity contribution in [2.75, 3.05) is 19.0 Å². The summed E-state index contributed by atoms with van der Waals surface area (Å²) in [6, 6.07) is 0.0763. The lowest BCUT2D eigenvalue weighted by molar-refractivity contribution is -0.145. The SMILES string of the molecule is CN(C)c1c(Cl)c(C(=O)NC2C3CC4CC2CC(C(N)=O)(C4)C3)nn1C. The molecule has 142 valence electrons. The van der Waals surface area contributed by atoms with E-state index in [4.69, 9.17) is 17.3 Å². The Hall–Kier alpha value is -1.76. The topological polar surface area (TPSA) is 93.2 Å². The van der Waals surface area contributed by atoms with Gasteiger partial charge in [0.2, 0.25) is 5.91 Å². The zero-order valence-corrected chi connectivity index (χ0v) is 16.2. The Bertz CT molecular complexity index is 758. The second-order valence-electron chi connectivity index (χ2n) is 8.62. The molecule has 4 saturated carbocycles. The summed E-state index contributed by atoms with van der Waals surface area (Å²) in [5.74, 6) is 1.50. The molecule has 0 aliphatic heterocycles. The smallest absolute Gasteiger partial charge is 0.273 e. The number of carbonyl (C=O) groups is 2. The van der Waals surface area contributed by atoms with Crippen LogP contribution in [0.2, 0.25) is 5.02 Å². The monoisotopic (exact) mass is 379 g/mol. The van der Waals surface area contributed by atoms with Gasteiger partial charge < -0.3 is 16.0 Å². The van der Waals surface area contributed by atoms with Crippen LogP contribution in [0, 0.1) is 23.2 Å². The van der Waals surface area contributed by atoms with Gasteiger partial charge in [-0.1, -0.05) is 11.6 Å². The lowest BCUT2D eigenvalue weighted by Gasteiger charge is -2.58. The molecule has 26 heavy (non-hydrogen) atoms. The third-order valence-electron chi connectivity index (χ3n) is 6.69. The summed E-state index contributed by atoms with van der Waals surface area (Å²) >= 11 is 6.40. The molecule has 7 nitrogen and oxygen atoms in total. The van der Waals surface area contributed by atoms with Crippen molar-refractivity contribution in [2.45, 2.75) is 38.1 Å². The molecule has 0 radical (unpaired) electrons. The highest BCUT2D eigenvalue weighted by Gasteiger charge is 2.58. The third kappa shape index (κ3) is 2.51. The molecular formula is C18H26ClN5O2. The van der Waals surface area contributed by atoms with Gasteiger partial charge in [-0.3, -0.25) is 14.3 Å². The Morgan fingerprint density at radius 1 is 1.27 bits per heavy atom. The van der Waals surface area contributed by atoms with Crippen LogP contribution >= 0.6 is 11.6 Å². The van der Waals surface area contributed by atoms with Gasteiger partial charge >= 0.3 is 0 Å². The molecule has 1 aromatic heterocycles. The maximum absolute atomic E-state index is 12.9. The van der Waals surface area contributed by atoms with Gasteiger partial charge in [0.1, 0.15) is 10.8 Å². The van der Waals surface area contributed by atoms with E-state index in [1.54, 1.807) is 11.7 Å². The molecule has 0 saturated heterocycles. The number of halogens is 1. The number of nitrogens with one attached hydrogen (secondary N) is 1. The number of amides is 2. The Labute approximate surface area is 158 Å². The summed E-state index contributed by atoms with van der Waals surface area (Å²) in [5, 5.41) is 7.87. The number of carbonyl (C=O) groups excluding carboxylic acids is 2. The molecule has 5 rings (SSSR count). The van der Waals surface area contributed by atoms with Crippen molar-refractivity contribution in [3.05, 3.63) is 10.7 Å². The van der Waals surface area contributed by atoms with Crippen LogP contribution in [0.25, 0.3) is 0 Å². The van der Waals surface area contributed by atoms with E-state index in [1.807, 2.05) is 19.0 Å². The first-order valence-electron chi connectivity index (χ1n) is 9.22. The van der Waals surface area contributed by atoms with Crippen molar-refractivity contribution in [3.8, 4) is 0 Å². The minimum Gasteiger partial charge on any atom is -0.369 e. The van der Waals surface area contributed by atoms with Gasteiger partial charge in [-0.25, -0.2) is 0 Å². The Morgan fingerprint density at radius 3 is 2.38 bits per heavy atom. The van der Waals surface area contributed by atoms with E-state index in [9.17, 15) is 9.59 Å². The molecule has 4 bridgehead atoms. The van der Waals surface area contributed by atoms with E-state index in [1.165, 1.54) is 0 Å². The van der Waals surface area contributed by atoms with E-state index < -0.39 is 0 Å². The van der Waals surface area contributed by atoms with Gasteiger partial charge in [0.05, 0.1) is 0 Å². The Morgan fingerprint density at radius 2 is 1.88 bits per heavy atom. The molecule has 1 heterocycles. The molecule has 0 spiro atoms. The maximum atomic E-state index is 12.9. The minimum atomic E-state index is -0.349. The molecule has 4 fully saturated rings. The molecule has 1 aromatic rings. The first-order valence-corrected chi connectivity index (χ1v) is 9.60. The summed E-state index contributed by atoms with van der Waals surface area (Å²) in [6.07, 6.45) is 4.64. The highest BCUT2D eigenvalue weighted by Crippen LogP contribution is 2.59. The molecule has 4 aliphatic rings. The highest BCUT2D eigenvalue weighted by atomic mass is 35.5. The van der Waals surface area contributed by atoms with Gasteiger partial charge in [0, 0.05) is 32.6 Å². The summed E-state index contributed by atoms with van der Waals surface area (Å²) in [5.41, 5.74) is 5.65. The zero-order valence-electron chi connectivity index (χ0n) is 15.5. The number of aromatic nitrogens is 2. The number of nitrogens with two attached hydrogens (primary N) is 1. The zero-order chi connectivity index (χ0) is 18.8. The predicted octanol–water partition coefficient (Wildman–Crippen LogP) is 1.55. The average Bonchev–Trinajstić information content (AvgIpc) is 2.84. The molecular weight excluding hydrogens is 354 g/mol. The van der Waals surface area contributed by atoms with Crippen molar-refractivity contribution < 1.29 is 9.59 Å². The predicted molar refractivity (Wildman–Crippen MR) is 99.0 cm³/mol. The van der Waals surface area contributed by atoms with Crippen LogP contribution in [-0.4, -0.2) is 41.7 Å². The number of aryl methyl sites for hydroxylation is 1. The van der Waals surface area contributed by atoms with Crippen molar-refractivity contribution >= 4 is 29.2 Å². The van der Waals surface area contributed by atoms with E-state index in [0.29, 0.717) is 28.6 Å². The average molecular weight is 380 g/mol. The largest absolute Gasteiger partial charge is 0.369 e. The quantitative estimate of drug-likeness (QED) is 0.830. The van der Waals surface area contributed by atoms with Gasteiger partial charge in [0.25, 0.3) is 5.91 Å². The molecule has 8 heteroatoms. The van der Waals surface area contributed by atoms with Crippen molar-refractivity contribution in [1.29, 1.82) is 0 Å².